The van der Waals surface area contributed by atoms with E-state index in [1.165, 1.54) is 24.1 Å². The summed E-state index contributed by atoms with van der Waals surface area (Å²) in [4.78, 5) is 12.7. The van der Waals surface area contributed by atoms with Crippen LogP contribution in [-0.4, -0.2) is 46.5 Å². The lowest BCUT2D eigenvalue weighted by Crippen LogP contribution is -2.40. The van der Waals surface area contributed by atoms with Crippen LogP contribution in [0.1, 0.15) is 36.9 Å². The van der Waals surface area contributed by atoms with Crippen LogP contribution in [0.5, 0.6) is 5.88 Å². The molecule has 3 aromatic rings. The standard InChI is InChI=1S/C22H30BrN5O2Si/c1-22-9-13(10-22)17-16(11-22)28(12-30-6-7-31(3,4)5)27-18(17)20-24-15-8-14(23)21(29-2)26-19(15)25-20/h8,13H,6-7,9-12H2,1-5H3,(H,24,25,26). The van der Waals surface area contributed by atoms with E-state index < -0.39 is 8.07 Å². The van der Waals surface area contributed by atoms with Gasteiger partial charge >= 0.3 is 0 Å². The number of aromatic nitrogens is 5. The van der Waals surface area contributed by atoms with Crippen LogP contribution in [0.25, 0.3) is 22.7 Å². The lowest BCUT2D eigenvalue weighted by molar-refractivity contribution is 0.0639. The minimum Gasteiger partial charge on any atom is -0.480 e. The minimum absolute atomic E-state index is 0.401. The molecule has 166 valence electrons. The molecule has 0 amide bonds. The first-order chi connectivity index (χ1) is 14.7. The molecule has 7 nitrogen and oxygen atoms in total. The van der Waals surface area contributed by atoms with Gasteiger partial charge in [-0.05, 0) is 58.6 Å². The van der Waals surface area contributed by atoms with Crippen molar-refractivity contribution in [2.24, 2.45) is 5.41 Å². The Morgan fingerprint density at radius 3 is 2.77 bits per heavy atom. The molecule has 3 heterocycles. The zero-order valence-corrected chi connectivity index (χ0v) is 21.5. The number of rotatable bonds is 7. The van der Waals surface area contributed by atoms with Gasteiger partial charge in [0.2, 0.25) is 5.88 Å². The molecule has 0 aromatic carbocycles. The molecule has 6 rings (SSSR count). The van der Waals surface area contributed by atoms with Gasteiger partial charge in [0.05, 0.1) is 11.6 Å². The van der Waals surface area contributed by atoms with Gasteiger partial charge in [0.15, 0.2) is 11.5 Å². The molecule has 1 saturated carbocycles. The van der Waals surface area contributed by atoms with E-state index in [4.69, 9.17) is 19.6 Å². The molecule has 0 saturated heterocycles. The second-order valence-electron chi connectivity index (χ2n) is 10.6. The van der Waals surface area contributed by atoms with Crippen LogP contribution in [0.2, 0.25) is 25.7 Å². The van der Waals surface area contributed by atoms with E-state index in [-0.39, 0.29) is 0 Å². The fraction of sp³-hybridized carbons (Fsp3) is 0.591. The molecule has 9 heteroatoms. The van der Waals surface area contributed by atoms with Crippen molar-refractivity contribution < 1.29 is 9.47 Å². The Kier molecular flexibility index (Phi) is 5.06. The smallest absolute Gasteiger partial charge is 0.229 e. The van der Waals surface area contributed by atoms with Crippen molar-refractivity contribution in [1.82, 2.24) is 24.7 Å². The van der Waals surface area contributed by atoms with E-state index >= 15 is 0 Å². The third-order valence-electron chi connectivity index (χ3n) is 6.60. The topological polar surface area (TPSA) is 77.8 Å². The molecule has 1 N–H and O–H groups in total. The van der Waals surface area contributed by atoms with Gasteiger partial charge in [-0.3, -0.25) is 0 Å². The molecule has 0 spiro atoms. The zero-order chi connectivity index (χ0) is 22.0. The molecule has 0 atom stereocenters. The van der Waals surface area contributed by atoms with Crippen molar-refractivity contribution >= 4 is 35.2 Å². The number of fused-ring (bicyclic) bond motifs is 1. The molecule has 1 fully saturated rings. The summed E-state index contributed by atoms with van der Waals surface area (Å²) in [6.45, 7) is 10.8. The van der Waals surface area contributed by atoms with Crippen LogP contribution in [0.15, 0.2) is 10.5 Å². The normalized spacial score (nSPS) is 22.5. The average molecular weight is 505 g/mol. The number of hydrogen-bond acceptors (Lipinski definition) is 5. The third kappa shape index (κ3) is 3.85. The SMILES string of the molecule is COc1nc2[nH]c(-c3nn(COCC[Si](C)(C)C)c4c3C3CC(C)(C4)C3)nc2cc1Br. The number of ether oxygens (including phenoxy) is 2. The zero-order valence-electron chi connectivity index (χ0n) is 18.9. The highest BCUT2D eigenvalue weighted by atomic mass is 79.9. The van der Waals surface area contributed by atoms with Gasteiger partial charge in [-0.1, -0.05) is 26.6 Å². The predicted octanol–water partition coefficient (Wildman–Crippen LogP) is 5.34. The first kappa shape index (κ1) is 21.1. The number of pyridine rings is 1. The molecule has 3 aromatic heterocycles. The minimum atomic E-state index is -1.11. The largest absolute Gasteiger partial charge is 0.480 e. The number of aromatic amines is 1. The Balaban J connectivity index is 1.50. The number of imidazole rings is 1. The Labute approximate surface area is 192 Å². The van der Waals surface area contributed by atoms with Gasteiger partial charge in [-0.15, -0.1) is 0 Å². The maximum atomic E-state index is 6.07. The summed E-state index contributed by atoms with van der Waals surface area (Å²) in [6, 6.07) is 3.10. The number of H-pyrrole nitrogens is 1. The van der Waals surface area contributed by atoms with E-state index in [1.807, 2.05) is 6.07 Å². The predicted molar refractivity (Wildman–Crippen MR) is 127 cm³/mol. The quantitative estimate of drug-likeness (QED) is 0.347. The van der Waals surface area contributed by atoms with Gasteiger partial charge in [0, 0.05) is 25.9 Å². The first-order valence-electron chi connectivity index (χ1n) is 10.9. The summed E-state index contributed by atoms with van der Waals surface area (Å²) in [5.41, 5.74) is 5.52. The molecule has 0 aliphatic heterocycles. The molecule has 0 unspecified atom stereocenters. The Morgan fingerprint density at radius 2 is 2.06 bits per heavy atom. The van der Waals surface area contributed by atoms with Crippen molar-refractivity contribution in [3.05, 3.63) is 21.8 Å². The van der Waals surface area contributed by atoms with Crippen LogP contribution in [0, 0.1) is 5.41 Å². The molecule has 3 aliphatic rings. The highest BCUT2D eigenvalue weighted by molar-refractivity contribution is 9.10. The van der Waals surface area contributed by atoms with E-state index in [0.717, 1.165) is 40.6 Å². The van der Waals surface area contributed by atoms with Crippen molar-refractivity contribution in [3.63, 3.8) is 0 Å². The van der Waals surface area contributed by atoms with Gasteiger partial charge < -0.3 is 14.5 Å². The lowest BCUT2D eigenvalue weighted by Gasteiger charge is -2.50. The highest BCUT2D eigenvalue weighted by Crippen LogP contribution is 2.59. The number of methoxy groups -OCH3 is 1. The van der Waals surface area contributed by atoms with Gasteiger partial charge in [0.25, 0.3) is 0 Å². The molecule has 3 aliphatic carbocycles. The molecule has 0 radical (unpaired) electrons. The van der Waals surface area contributed by atoms with Crippen molar-refractivity contribution in [2.75, 3.05) is 13.7 Å². The summed E-state index contributed by atoms with van der Waals surface area (Å²) in [6.07, 6.45) is 3.51. The van der Waals surface area contributed by atoms with Crippen LogP contribution >= 0.6 is 15.9 Å². The maximum absolute atomic E-state index is 6.07. The van der Waals surface area contributed by atoms with E-state index in [1.54, 1.807) is 7.11 Å². The van der Waals surface area contributed by atoms with Gasteiger partial charge in [-0.2, -0.15) is 10.1 Å². The van der Waals surface area contributed by atoms with Crippen molar-refractivity contribution in [3.8, 4) is 17.4 Å². The summed E-state index contributed by atoms with van der Waals surface area (Å²) in [7, 11) is 0.505. The van der Waals surface area contributed by atoms with Gasteiger partial charge in [-0.25, -0.2) is 9.67 Å². The number of halogens is 1. The fourth-order valence-corrected chi connectivity index (χ4v) is 6.20. The third-order valence-corrected chi connectivity index (χ3v) is 8.87. The van der Waals surface area contributed by atoms with Crippen molar-refractivity contribution in [1.29, 1.82) is 0 Å². The number of hydrogen-bond donors (Lipinski definition) is 1. The van der Waals surface area contributed by atoms with Crippen LogP contribution < -0.4 is 4.74 Å². The van der Waals surface area contributed by atoms with Crippen molar-refractivity contribution in [2.45, 2.75) is 64.5 Å². The highest BCUT2D eigenvalue weighted by Gasteiger charge is 2.49. The Bertz CT molecular complexity index is 1140. The molecular weight excluding hydrogens is 474 g/mol. The Morgan fingerprint density at radius 1 is 1.29 bits per heavy atom. The fourth-order valence-electron chi connectivity index (χ4n) is 4.98. The average Bonchev–Trinajstić information content (AvgIpc) is 3.24. The first-order valence-corrected chi connectivity index (χ1v) is 15.4. The van der Waals surface area contributed by atoms with Crippen LogP contribution in [0.3, 0.4) is 0 Å². The summed E-state index contributed by atoms with van der Waals surface area (Å²) < 4.78 is 14.3. The summed E-state index contributed by atoms with van der Waals surface area (Å²) >= 11 is 3.50. The molecule has 31 heavy (non-hydrogen) atoms. The Hall–Kier alpha value is -1.71. The summed E-state index contributed by atoms with van der Waals surface area (Å²) in [5, 5.41) is 5.00. The van der Waals surface area contributed by atoms with E-state index in [2.05, 4.69) is 57.1 Å². The summed E-state index contributed by atoms with van der Waals surface area (Å²) in [5.74, 6) is 1.87. The van der Waals surface area contributed by atoms with Crippen LogP contribution in [0.4, 0.5) is 0 Å². The number of nitrogens with one attached hydrogen (secondary N) is 1. The lowest BCUT2D eigenvalue weighted by atomic mass is 9.54. The maximum Gasteiger partial charge on any atom is 0.229 e. The second kappa shape index (κ2) is 7.42. The van der Waals surface area contributed by atoms with E-state index in [9.17, 15) is 0 Å². The number of nitrogens with zero attached hydrogens (tertiary/aromatic N) is 4. The van der Waals surface area contributed by atoms with E-state index in [0.29, 0.717) is 29.6 Å². The second-order valence-corrected chi connectivity index (χ2v) is 17.1. The van der Waals surface area contributed by atoms with Gasteiger partial charge in [0.1, 0.15) is 17.9 Å². The monoisotopic (exact) mass is 503 g/mol. The molecule has 2 bridgehead atoms. The molecular formula is C22H30BrN5O2Si. The van der Waals surface area contributed by atoms with Crippen LogP contribution in [-0.2, 0) is 17.9 Å².